The molecule has 0 spiro atoms. The van der Waals surface area contributed by atoms with Gasteiger partial charge in [0, 0.05) is 23.8 Å². The maximum atomic E-state index is 12.8. The summed E-state index contributed by atoms with van der Waals surface area (Å²) in [6.07, 6.45) is 1.00. The average molecular weight is 488 g/mol. The largest absolute Gasteiger partial charge is 0.324 e. The van der Waals surface area contributed by atoms with Crippen molar-refractivity contribution >= 4 is 48.9 Å². The monoisotopic (exact) mass is 487 g/mol. The number of hydrogen-bond acceptors (Lipinski definition) is 5. The molecule has 0 fully saturated rings. The van der Waals surface area contributed by atoms with Crippen LogP contribution < -0.4 is 9.62 Å². The number of halogens is 1. The number of nitrogens with one attached hydrogen (secondary N) is 1. The smallest absolute Gasteiger partial charge is 0.247 e. The molecule has 0 heterocycles. The number of carbonyl (C=O) groups excluding carboxylic acids is 1. The Morgan fingerprint density at radius 1 is 1.03 bits per heavy atom. The van der Waals surface area contributed by atoms with E-state index in [1.54, 1.807) is 32.0 Å². The number of anilines is 2. The summed E-state index contributed by atoms with van der Waals surface area (Å²) in [6, 6.07) is 10.9. The third-order valence-corrected chi connectivity index (χ3v) is 8.16. The van der Waals surface area contributed by atoms with Crippen molar-refractivity contribution in [3.63, 3.8) is 0 Å². The molecule has 0 saturated heterocycles. The van der Waals surface area contributed by atoms with Crippen LogP contribution in [0, 0.1) is 0 Å². The molecular weight excluding hydrogens is 462 g/mol. The zero-order valence-electron chi connectivity index (χ0n) is 17.7. The van der Waals surface area contributed by atoms with E-state index in [0.717, 1.165) is 10.6 Å². The van der Waals surface area contributed by atoms with Crippen molar-refractivity contribution in [1.29, 1.82) is 0 Å². The quantitative estimate of drug-likeness (QED) is 0.585. The lowest BCUT2D eigenvalue weighted by atomic mass is 10.2. The zero-order valence-corrected chi connectivity index (χ0v) is 20.1. The van der Waals surface area contributed by atoms with E-state index in [2.05, 4.69) is 5.32 Å². The standard InChI is InChI=1S/C20H26ClN3O5S2/c1-5-23(6-2)31(28,29)19-12-10-17(11-13-19)22-20(25)15(3)24(30(4,26)27)18-9-7-8-16(21)14-18/h7-15H,5-6H2,1-4H3,(H,22,25)/t15-/m0/s1. The van der Waals surface area contributed by atoms with Gasteiger partial charge in [-0.1, -0.05) is 31.5 Å². The van der Waals surface area contributed by atoms with Crippen molar-refractivity contribution in [3.05, 3.63) is 53.6 Å². The fourth-order valence-electron chi connectivity index (χ4n) is 3.09. The van der Waals surface area contributed by atoms with Crippen molar-refractivity contribution < 1.29 is 21.6 Å². The molecule has 2 aromatic carbocycles. The maximum Gasteiger partial charge on any atom is 0.247 e. The van der Waals surface area contributed by atoms with Gasteiger partial charge in [0.15, 0.2) is 0 Å². The summed E-state index contributed by atoms with van der Waals surface area (Å²) in [5, 5.41) is 2.96. The molecule has 2 rings (SSSR count). The molecule has 1 amide bonds. The van der Waals surface area contributed by atoms with Crippen molar-refractivity contribution in [2.45, 2.75) is 31.7 Å². The number of nitrogens with zero attached hydrogens (tertiary/aromatic N) is 2. The van der Waals surface area contributed by atoms with Crippen LogP contribution in [-0.4, -0.2) is 52.4 Å². The highest BCUT2D eigenvalue weighted by Gasteiger charge is 2.29. The first-order valence-corrected chi connectivity index (χ1v) is 13.2. The van der Waals surface area contributed by atoms with E-state index in [1.165, 1.54) is 41.6 Å². The Morgan fingerprint density at radius 2 is 1.61 bits per heavy atom. The Morgan fingerprint density at radius 3 is 2.10 bits per heavy atom. The van der Waals surface area contributed by atoms with Crippen LogP contribution in [-0.2, 0) is 24.8 Å². The summed E-state index contributed by atoms with van der Waals surface area (Å²) in [6.45, 7) is 5.66. The lowest BCUT2D eigenvalue weighted by molar-refractivity contribution is -0.116. The van der Waals surface area contributed by atoms with Crippen LogP contribution in [0.15, 0.2) is 53.4 Å². The first-order valence-electron chi connectivity index (χ1n) is 9.57. The Hall–Kier alpha value is -2.14. The minimum atomic E-state index is -3.78. The van der Waals surface area contributed by atoms with Gasteiger partial charge < -0.3 is 5.32 Å². The molecule has 1 N–H and O–H groups in total. The van der Waals surface area contributed by atoms with Crippen molar-refractivity contribution in [1.82, 2.24) is 4.31 Å². The van der Waals surface area contributed by atoms with Gasteiger partial charge in [0.1, 0.15) is 6.04 Å². The second-order valence-corrected chi connectivity index (χ2v) is 11.1. The lowest BCUT2D eigenvalue weighted by Gasteiger charge is -2.28. The predicted molar refractivity (Wildman–Crippen MR) is 123 cm³/mol. The summed E-state index contributed by atoms with van der Waals surface area (Å²) in [7, 11) is -7.40. The third kappa shape index (κ3) is 5.97. The molecule has 0 bridgehead atoms. The van der Waals surface area contributed by atoms with Crippen molar-refractivity contribution in [2.24, 2.45) is 0 Å². The topological polar surface area (TPSA) is 104 Å². The van der Waals surface area contributed by atoms with Crippen LogP contribution in [0.2, 0.25) is 5.02 Å². The highest BCUT2D eigenvalue weighted by Crippen LogP contribution is 2.25. The van der Waals surface area contributed by atoms with Crippen LogP contribution in [0.3, 0.4) is 0 Å². The van der Waals surface area contributed by atoms with Gasteiger partial charge >= 0.3 is 0 Å². The fourth-order valence-corrected chi connectivity index (χ4v) is 5.90. The van der Waals surface area contributed by atoms with Gasteiger partial charge in [0.2, 0.25) is 26.0 Å². The second kappa shape index (κ2) is 9.99. The van der Waals surface area contributed by atoms with E-state index in [0.29, 0.717) is 23.8 Å². The summed E-state index contributed by atoms with van der Waals surface area (Å²) in [4.78, 5) is 12.9. The first-order chi connectivity index (χ1) is 14.4. The SMILES string of the molecule is CCN(CC)S(=O)(=O)c1ccc(NC(=O)[C@H](C)N(c2cccc(Cl)c2)S(C)(=O)=O)cc1. The van der Waals surface area contributed by atoms with Gasteiger partial charge in [-0.3, -0.25) is 9.10 Å². The zero-order chi connectivity index (χ0) is 23.4. The molecule has 8 nitrogen and oxygen atoms in total. The van der Waals surface area contributed by atoms with Crippen molar-refractivity contribution in [3.8, 4) is 0 Å². The van der Waals surface area contributed by atoms with E-state index >= 15 is 0 Å². The Kier molecular flexibility index (Phi) is 8.09. The Balaban J connectivity index is 2.25. The molecule has 2 aromatic rings. The lowest BCUT2D eigenvalue weighted by Crippen LogP contribution is -2.45. The second-order valence-electron chi connectivity index (χ2n) is 6.82. The van der Waals surface area contributed by atoms with Crippen molar-refractivity contribution in [2.75, 3.05) is 29.0 Å². The van der Waals surface area contributed by atoms with Gasteiger partial charge in [-0.25, -0.2) is 16.8 Å². The van der Waals surface area contributed by atoms with E-state index in [-0.39, 0.29) is 10.6 Å². The number of rotatable bonds is 9. The minimum Gasteiger partial charge on any atom is -0.324 e. The van der Waals surface area contributed by atoms with Gasteiger partial charge in [0.05, 0.1) is 16.8 Å². The Bertz CT molecular complexity index is 1130. The summed E-state index contributed by atoms with van der Waals surface area (Å²) < 4.78 is 52.2. The van der Waals surface area contributed by atoms with Gasteiger partial charge in [0.25, 0.3) is 0 Å². The Labute approximate surface area is 188 Å². The average Bonchev–Trinajstić information content (AvgIpc) is 2.68. The number of benzene rings is 2. The van der Waals surface area contributed by atoms with Crippen LogP contribution in [0.1, 0.15) is 20.8 Å². The molecule has 11 heteroatoms. The molecule has 0 saturated carbocycles. The summed E-state index contributed by atoms with van der Waals surface area (Å²) in [5.41, 5.74) is 0.605. The van der Waals surface area contributed by atoms with Gasteiger partial charge in [-0.2, -0.15) is 4.31 Å². The number of amides is 1. The summed E-state index contributed by atoms with van der Waals surface area (Å²) in [5.74, 6) is -0.579. The fraction of sp³-hybridized carbons (Fsp3) is 0.350. The van der Waals surface area contributed by atoms with Crippen LogP contribution >= 0.6 is 11.6 Å². The molecule has 1 atom stereocenters. The number of sulfonamides is 2. The van der Waals surface area contributed by atoms with Crippen LogP contribution in [0.4, 0.5) is 11.4 Å². The van der Waals surface area contributed by atoms with Crippen LogP contribution in [0.5, 0.6) is 0 Å². The third-order valence-electron chi connectivity index (χ3n) is 4.62. The minimum absolute atomic E-state index is 0.110. The highest BCUT2D eigenvalue weighted by atomic mass is 35.5. The van der Waals surface area contributed by atoms with E-state index in [1.807, 2.05) is 0 Å². The molecule has 0 aromatic heterocycles. The van der Waals surface area contributed by atoms with E-state index < -0.39 is 32.0 Å². The molecule has 31 heavy (non-hydrogen) atoms. The summed E-state index contributed by atoms with van der Waals surface area (Å²) >= 11 is 5.97. The molecule has 0 aliphatic rings. The molecule has 0 radical (unpaired) electrons. The van der Waals surface area contributed by atoms with Crippen LogP contribution in [0.25, 0.3) is 0 Å². The molecular formula is C20H26ClN3O5S2. The van der Waals surface area contributed by atoms with Gasteiger partial charge in [-0.15, -0.1) is 0 Å². The first kappa shape index (κ1) is 25.1. The molecule has 0 aliphatic carbocycles. The normalized spacial score (nSPS) is 13.1. The number of carbonyl (C=O) groups is 1. The maximum absolute atomic E-state index is 12.8. The van der Waals surface area contributed by atoms with Gasteiger partial charge in [-0.05, 0) is 49.4 Å². The number of hydrogen-bond donors (Lipinski definition) is 1. The molecule has 0 aliphatic heterocycles. The molecule has 0 unspecified atom stereocenters. The van der Waals surface area contributed by atoms with E-state index in [4.69, 9.17) is 11.6 Å². The predicted octanol–water partition coefficient (Wildman–Crippen LogP) is 3.16. The highest BCUT2D eigenvalue weighted by molar-refractivity contribution is 7.92. The van der Waals surface area contributed by atoms with E-state index in [9.17, 15) is 21.6 Å². The molecule has 170 valence electrons.